The highest BCUT2D eigenvalue weighted by molar-refractivity contribution is 6.17. The number of rotatable bonds is 1. The van der Waals surface area contributed by atoms with Crippen LogP contribution >= 0.6 is 0 Å². The molecule has 0 unspecified atom stereocenters. The molecule has 0 aliphatic carbocycles. The van der Waals surface area contributed by atoms with E-state index >= 15 is 0 Å². The molecule has 88 valence electrons. The van der Waals surface area contributed by atoms with Crippen LogP contribution in [-0.2, 0) is 14.4 Å². The standard InChI is InChI=1S/C12H12N2O3/c1-9(16)14-11-5-3-2-4-10(11)13(8-15)7-6-12(14)17/h2-5,8H,6-7H2,1H3. The van der Waals surface area contributed by atoms with Gasteiger partial charge in [0.15, 0.2) is 0 Å². The second-order valence-electron chi connectivity index (χ2n) is 3.79. The highest BCUT2D eigenvalue weighted by atomic mass is 16.2. The molecule has 5 nitrogen and oxygen atoms in total. The van der Waals surface area contributed by atoms with Crippen molar-refractivity contribution in [3.05, 3.63) is 24.3 Å². The van der Waals surface area contributed by atoms with Gasteiger partial charge >= 0.3 is 0 Å². The van der Waals surface area contributed by atoms with Crippen LogP contribution in [0.5, 0.6) is 0 Å². The van der Waals surface area contributed by atoms with E-state index in [9.17, 15) is 14.4 Å². The first kappa shape index (κ1) is 11.3. The number of anilines is 2. The number of imide groups is 1. The molecule has 0 spiro atoms. The first-order valence-corrected chi connectivity index (χ1v) is 5.29. The first-order chi connectivity index (χ1) is 8.15. The maximum atomic E-state index is 11.8. The lowest BCUT2D eigenvalue weighted by Gasteiger charge is -2.20. The molecular formula is C12H12N2O3. The molecule has 1 heterocycles. The van der Waals surface area contributed by atoms with Gasteiger partial charge in [-0.05, 0) is 12.1 Å². The third kappa shape index (κ3) is 1.91. The molecule has 17 heavy (non-hydrogen) atoms. The number of nitrogens with zero attached hydrogens (tertiary/aromatic N) is 2. The van der Waals surface area contributed by atoms with Gasteiger partial charge in [-0.25, -0.2) is 4.90 Å². The molecule has 0 aromatic heterocycles. The Morgan fingerprint density at radius 3 is 2.53 bits per heavy atom. The Morgan fingerprint density at radius 2 is 1.94 bits per heavy atom. The van der Waals surface area contributed by atoms with Gasteiger partial charge in [-0.15, -0.1) is 0 Å². The summed E-state index contributed by atoms with van der Waals surface area (Å²) in [6, 6.07) is 6.88. The van der Waals surface area contributed by atoms with Crippen molar-refractivity contribution >= 4 is 29.6 Å². The maximum Gasteiger partial charge on any atom is 0.235 e. The minimum absolute atomic E-state index is 0.146. The Bertz CT molecular complexity index is 484. The Balaban J connectivity index is 2.59. The average Bonchev–Trinajstić information content (AvgIpc) is 2.45. The van der Waals surface area contributed by atoms with Crippen molar-refractivity contribution in [2.75, 3.05) is 16.3 Å². The Hall–Kier alpha value is -2.17. The normalized spacial score (nSPS) is 15.2. The lowest BCUT2D eigenvalue weighted by atomic mass is 10.2. The quantitative estimate of drug-likeness (QED) is 0.677. The topological polar surface area (TPSA) is 57.7 Å². The monoisotopic (exact) mass is 232 g/mol. The van der Waals surface area contributed by atoms with Crippen molar-refractivity contribution in [1.29, 1.82) is 0 Å². The van der Waals surface area contributed by atoms with Gasteiger partial charge in [-0.1, -0.05) is 12.1 Å². The molecule has 0 bridgehead atoms. The van der Waals surface area contributed by atoms with E-state index in [1.165, 1.54) is 11.8 Å². The molecule has 0 fully saturated rings. The van der Waals surface area contributed by atoms with Crippen LogP contribution in [0.3, 0.4) is 0 Å². The minimum Gasteiger partial charge on any atom is -0.312 e. The van der Waals surface area contributed by atoms with Gasteiger partial charge in [-0.3, -0.25) is 14.4 Å². The second-order valence-corrected chi connectivity index (χ2v) is 3.79. The Morgan fingerprint density at radius 1 is 1.29 bits per heavy atom. The Kier molecular flexibility index (Phi) is 2.91. The molecule has 1 aromatic carbocycles. The van der Waals surface area contributed by atoms with Crippen LogP contribution in [0.4, 0.5) is 11.4 Å². The maximum absolute atomic E-state index is 11.8. The van der Waals surface area contributed by atoms with E-state index in [-0.39, 0.29) is 18.2 Å². The molecule has 5 heteroatoms. The molecule has 3 amide bonds. The fourth-order valence-electron chi connectivity index (χ4n) is 1.93. The molecule has 1 aliphatic rings. The Labute approximate surface area is 98.6 Å². The van der Waals surface area contributed by atoms with Gasteiger partial charge in [-0.2, -0.15) is 0 Å². The molecule has 0 saturated heterocycles. The first-order valence-electron chi connectivity index (χ1n) is 5.29. The summed E-state index contributed by atoms with van der Waals surface area (Å²) in [6.07, 6.45) is 0.822. The molecule has 0 radical (unpaired) electrons. The number of carbonyl (C=O) groups is 3. The number of hydrogen-bond donors (Lipinski definition) is 0. The zero-order valence-corrected chi connectivity index (χ0v) is 9.42. The number of carbonyl (C=O) groups excluding carboxylic acids is 3. The molecule has 1 aliphatic heterocycles. The number of fused-ring (bicyclic) bond motifs is 1. The van der Waals surface area contributed by atoms with Gasteiger partial charge in [0.05, 0.1) is 11.4 Å². The molecule has 0 saturated carbocycles. The van der Waals surface area contributed by atoms with Gasteiger partial charge in [0, 0.05) is 19.9 Å². The van der Waals surface area contributed by atoms with Gasteiger partial charge < -0.3 is 4.90 Å². The summed E-state index contributed by atoms with van der Waals surface area (Å²) >= 11 is 0. The van der Waals surface area contributed by atoms with Crippen molar-refractivity contribution in [3.8, 4) is 0 Å². The van der Waals surface area contributed by atoms with Gasteiger partial charge in [0.25, 0.3) is 0 Å². The van der Waals surface area contributed by atoms with Crippen LogP contribution in [-0.4, -0.2) is 24.8 Å². The van der Waals surface area contributed by atoms with E-state index in [4.69, 9.17) is 0 Å². The van der Waals surface area contributed by atoms with E-state index in [1.807, 2.05) is 0 Å². The fraction of sp³-hybridized carbons (Fsp3) is 0.250. The largest absolute Gasteiger partial charge is 0.312 e. The molecule has 1 aromatic rings. The number of amides is 3. The van der Waals surface area contributed by atoms with E-state index < -0.39 is 0 Å². The van der Waals surface area contributed by atoms with E-state index in [0.29, 0.717) is 24.3 Å². The predicted molar refractivity (Wildman–Crippen MR) is 62.6 cm³/mol. The summed E-state index contributed by atoms with van der Waals surface area (Å²) in [6.45, 7) is 1.63. The van der Waals surface area contributed by atoms with Crippen molar-refractivity contribution in [2.24, 2.45) is 0 Å². The van der Waals surface area contributed by atoms with Crippen LogP contribution in [0.15, 0.2) is 24.3 Å². The van der Waals surface area contributed by atoms with Crippen LogP contribution in [0.25, 0.3) is 0 Å². The van der Waals surface area contributed by atoms with Crippen molar-refractivity contribution < 1.29 is 14.4 Å². The van der Waals surface area contributed by atoms with Crippen molar-refractivity contribution in [2.45, 2.75) is 13.3 Å². The smallest absolute Gasteiger partial charge is 0.235 e. The van der Waals surface area contributed by atoms with Crippen LogP contribution < -0.4 is 9.80 Å². The van der Waals surface area contributed by atoms with Crippen LogP contribution in [0.1, 0.15) is 13.3 Å². The summed E-state index contributed by atoms with van der Waals surface area (Å²) in [5.41, 5.74) is 1.05. The summed E-state index contributed by atoms with van der Waals surface area (Å²) in [4.78, 5) is 36.9. The highest BCUT2D eigenvalue weighted by Crippen LogP contribution is 2.31. The van der Waals surface area contributed by atoms with Crippen LogP contribution in [0.2, 0.25) is 0 Å². The lowest BCUT2D eigenvalue weighted by Crippen LogP contribution is -2.34. The summed E-state index contributed by atoms with van der Waals surface area (Å²) in [7, 11) is 0. The third-order valence-electron chi connectivity index (χ3n) is 2.69. The second kappa shape index (κ2) is 4.37. The molecule has 0 atom stereocenters. The van der Waals surface area contributed by atoms with Crippen LogP contribution in [0, 0.1) is 0 Å². The molecule has 0 N–H and O–H groups in total. The van der Waals surface area contributed by atoms with Crippen molar-refractivity contribution in [3.63, 3.8) is 0 Å². The average molecular weight is 232 g/mol. The number of benzene rings is 1. The summed E-state index contributed by atoms with van der Waals surface area (Å²) in [5.74, 6) is -0.621. The van der Waals surface area contributed by atoms with Crippen molar-refractivity contribution in [1.82, 2.24) is 0 Å². The third-order valence-corrected chi connectivity index (χ3v) is 2.69. The predicted octanol–water partition coefficient (Wildman–Crippen LogP) is 0.933. The zero-order chi connectivity index (χ0) is 12.4. The summed E-state index contributed by atoms with van der Waals surface area (Å²) in [5, 5.41) is 0. The van der Waals surface area contributed by atoms with E-state index in [2.05, 4.69) is 0 Å². The highest BCUT2D eigenvalue weighted by Gasteiger charge is 2.28. The minimum atomic E-state index is -0.338. The molecule has 2 rings (SSSR count). The molecular weight excluding hydrogens is 220 g/mol. The van der Waals surface area contributed by atoms with Gasteiger partial charge in [0.2, 0.25) is 18.2 Å². The SMILES string of the molecule is CC(=O)N1C(=O)CCN(C=O)c2ccccc21. The number of hydrogen-bond acceptors (Lipinski definition) is 3. The van der Waals surface area contributed by atoms with Gasteiger partial charge in [0.1, 0.15) is 0 Å². The van der Waals surface area contributed by atoms with E-state index in [1.54, 1.807) is 24.3 Å². The summed E-state index contributed by atoms with van der Waals surface area (Å²) < 4.78 is 0. The zero-order valence-electron chi connectivity index (χ0n) is 9.42. The number of para-hydroxylation sites is 2. The van der Waals surface area contributed by atoms with E-state index in [0.717, 1.165) is 4.90 Å². The fourth-order valence-corrected chi connectivity index (χ4v) is 1.93. The lowest BCUT2D eigenvalue weighted by molar-refractivity contribution is -0.125.